The number of amides is 1. The van der Waals surface area contributed by atoms with E-state index in [2.05, 4.69) is 0 Å². The molecule has 5 rings (SSSR count). The maximum Gasteiger partial charge on any atom is 0.246 e. The van der Waals surface area contributed by atoms with Crippen molar-refractivity contribution in [2.75, 3.05) is 25.1 Å². The molecule has 0 bridgehead atoms. The van der Waals surface area contributed by atoms with Crippen LogP contribution in [0.4, 0.5) is 13.9 Å². The number of aromatic nitrogens is 1. The Morgan fingerprint density at radius 1 is 1.21 bits per heavy atom. The number of fused-ring (bicyclic) bond motifs is 1. The van der Waals surface area contributed by atoms with Gasteiger partial charge in [-0.05, 0) is 61.7 Å². The number of carbonyl (C=O) groups is 1. The molecule has 0 spiro atoms. The van der Waals surface area contributed by atoms with Crippen LogP contribution in [0.15, 0.2) is 58.0 Å². The minimum Gasteiger partial charge on any atom is -0.494 e. The largest absolute Gasteiger partial charge is 0.494 e. The Morgan fingerprint density at radius 3 is 2.66 bits per heavy atom. The van der Waals surface area contributed by atoms with Crippen molar-refractivity contribution in [3.8, 4) is 5.75 Å². The summed E-state index contributed by atoms with van der Waals surface area (Å²) in [6.07, 6.45) is 1.96. The second kappa shape index (κ2) is 10.4. The number of nitrogens with zero attached hydrogens (tertiary/aromatic N) is 3. The Hall–Kier alpha value is -3.35. The monoisotopic (exact) mass is 561 g/mol. The Balaban J connectivity index is 1.40. The quantitative estimate of drug-likeness (QED) is 0.311. The Labute approximate surface area is 222 Å². The number of methoxy groups -OCH3 is 1. The summed E-state index contributed by atoms with van der Waals surface area (Å²) >= 11 is 1.37. The zero-order chi connectivity index (χ0) is 27.0. The van der Waals surface area contributed by atoms with E-state index in [1.165, 1.54) is 17.6 Å². The van der Waals surface area contributed by atoms with Gasteiger partial charge in [0, 0.05) is 19.0 Å². The molecule has 0 N–H and O–H groups in total. The van der Waals surface area contributed by atoms with Crippen molar-refractivity contribution in [2.45, 2.75) is 31.2 Å². The molecule has 0 atom stereocenters. The van der Waals surface area contributed by atoms with Crippen molar-refractivity contribution in [3.05, 3.63) is 71.7 Å². The average molecular weight is 562 g/mol. The van der Waals surface area contributed by atoms with E-state index in [1.54, 1.807) is 24.1 Å². The number of anilines is 1. The predicted octanol–water partition coefficient (Wildman–Crippen LogP) is 5.12. The smallest absolute Gasteiger partial charge is 0.246 e. The van der Waals surface area contributed by atoms with Crippen LogP contribution in [0.25, 0.3) is 10.2 Å². The average Bonchev–Trinajstić information content (AvgIpc) is 3.59. The summed E-state index contributed by atoms with van der Waals surface area (Å²) in [5.74, 6) is -1.40. The topological polar surface area (TPSA) is 93.0 Å². The molecule has 3 heterocycles. The van der Waals surface area contributed by atoms with Gasteiger partial charge in [-0.2, -0.15) is 4.31 Å². The molecular weight excluding hydrogens is 536 g/mol. The van der Waals surface area contributed by atoms with Crippen molar-refractivity contribution in [1.29, 1.82) is 0 Å². The highest BCUT2D eigenvalue weighted by atomic mass is 32.2. The highest BCUT2D eigenvalue weighted by Gasteiger charge is 2.36. The second-order valence-electron chi connectivity index (χ2n) is 9.02. The Bertz CT molecular complexity index is 1580. The van der Waals surface area contributed by atoms with Gasteiger partial charge in [-0.25, -0.2) is 22.2 Å². The number of aryl methyl sites for hydroxylation is 1. The SMILES string of the molecule is COc1ccc(C)c2sc(N(Cc3ccco3)C(=O)C3CCN(S(=O)(=O)c4cc(F)ccc4F)CC3)nc12. The molecule has 0 saturated carbocycles. The molecule has 0 aliphatic carbocycles. The maximum absolute atomic E-state index is 14.2. The number of sulfonamides is 1. The molecule has 1 fully saturated rings. The molecule has 4 aromatic rings. The summed E-state index contributed by atoms with van der Waals surface area (Å²) < 4.78 is 66.8. The molecule has 0 unspecified atom stereocenters. The second-order valence-corrected chi connectivity index (χ2v) is 11.9. The minimum absolute atomic E-state index is 0.00391. The lowest BCUT2D eigenvalue weighted by atomic mass is 9.96. The summed E-state index contributed by atoms with van der Waals surface area (Å²) in [5, 5.41) is 0.478. The molecule has 38 heavy (non-hydrogen) atoms. The van der Waals surface area contributed by atoms with Crippen LogP contribution in [0.5, 0.6) is 5.75 Å². The van der Waals surface area contributed by atoms with Gasteiger partial charge >= 0.3 is 0 Å². The summed E-state index contributed by atoms with van der Waals surface area (Å²) in [7, 11) is -2.69. The van der Waals surface area contributed by atoms with Crippen LogP contribution in [0.2, 0.25) is 0 Å². The van der Waals surface area contributed by atoms with Gasteiger partial charge in [0.1, 0.15) is 33.6 Å². The molecule has 1 aliphatic heterocycles. The standard InChI is InChI=1S/C26H25F2N3O5S2/c1-16-5-8-21(35-2)23-24(16)37-26(29-23)31(15-19-4-3-13-36-19)25(32)17-9-11-30(12-10-17)38(33,34)22-14-18(27)6-7-20(22)28/h3-8,13-14,17H,9-12,15H2,1-2H3. The van der Waals surface area contributed by atoms with E-state index in [0.29, 0.717) is 28.2 Å². The van der Waals surface area contributed by atoms with Crippen molar-refractivity contribution in [2.24, 2.45) is 5.92 Å². The van der Waals surface area contributed by atoms with Gasteiger partial charge in [0.15, 0.2) is 5.13 Å². The zero-order valence-corrected chi connectivity index (χ0v) is 22.3. The molecule has 200 valence electrons. The number of hydrogen-bond donors (Lipinski definition) is 0. The number of thiazole rings is 1. The molecule has 12 heteroatoms. The van der Waals surface area contributed by atoms with Crippen LogP contribution in [0.3, 0.4) is 0 Å². The first-order valence-electron chi connectivity index (χ1n) is 11.9. The normalized spacial score (nSPS) is 15.2. The van der Waals surface area contributed by atoms with Crippen molar-refractivity contribution >= 4 is 42.6 Å². The highest BCUT2D eigenvalue weighted by molar-refractivity contribution is 7.89. The Kier molecular flexibility index (Phi) is 7.21. The highest BCUT2D eigenvalue weighted by Crippen LogP contribution is 2.38. The first-order chi connectivity index (χ1) is 18.2. The van der Waals surface area contributed by atoms with Gasteiger partial charge in [-0.1, -0.05) is 17.4 Å². The third kappa shape index (κ3) is 4.91. The van der Waals surface area contributed by atoms with E-state index in [4.69, 9.17) is 14.1 Å². The lowest BCUT2D eigenvalue weighted by Gasteiger charge is -2.32. The first kappa shape index (κ1) is 26.3. The predicted molar refractivity (Wildman–Crippen MR) is 139 cm³/mol. The summed E-state index contributed by atoms with van der Waals surface area (Å²) in [5.41, 5.74) is 1.65. The Morgan fingerprint density at radius 2 is 1.97 bits per heavy atom. The number of ether oxygens (including phenoxy) is 1. The summed E-state index contributed by atoms with van der Waals surface area (Å²) in [4.78, 5) is 19.4. The number of piperidine rings is 1. The molecule has 1 saturated heterocycles. The number of rotatable bonds is 7. The zero-order valence-electron chi connectivity index (χ0n) is 20.7. The maximum atomic E-state index is 14.2. The number of benzene rings is 2. The van der Waals surface area contributed by atoms with E-state index in [0.717, 1.165) is 26.7 Å². The number of furan rings is 1. The number of halogens is 2. The van der Waals surface area contributed by atoms with Crippen LogP contribution in [-0.2, 0) is 21.4 Å². The number of hydrogen-bond acceptors (Lipinski definition) is 7. The lowest BCUT2D eigenvalue weighted by Crippen LogP contribution is -2.44. The van der Waals surface area contributed by atoms with Crippen LogP contribution in [0.1, 0.15) is 24.2 Å². The van der Waals surface area contributed by atoms with Crippen LogP contribution in [-0.4, -0.2) is 43.8 Å². The lowest BCUT2D eigenvalue weighted by molar-refractivity contribution is -0.123. The number of carbonyl (C=O) groups excluding carboxylic acids is 1. The molecule has 0 radical (unpaired) electrons. The molecule has 2 aromatic heterocycles. The molecule has 8 nitrogen and oxygen atoms in total. The third-order valence-corrected chi connectivity index (χ3v) is 9.74. The fraction of sp³-hybridized carbons (Fsp3) is 0.308. The van der Waals surface area contributed by atoms with Crippen LogP contribution >= 0.6 is 11.3 Å². The van der Waals surface area contributed by atoms with Crippen LogP contribution in [0, 0.1) is 24.5 Å². The molecule has 1 aliphatic rings. The van der Waals surface area contributed by atoms with Crippen molar-refractivity contribution < 1.29 is 31.1 Å². The van der Waals surface area contributed by atoms with Gasteiger partial charge in [0.2, 0.25) is 15.9 Å². The minimum atomic E-state index is -4.25. The van der Waals surface area contributed by atoms with E-state index >= 15 is 0 Å². The van der Waals surface area contributed by atoms with E-state index < -0.39 is 32.5 Å². The van der Waals surface area contributed by atoms with Gasteiger partial charge in [0.05, 0.1) is 24.6 Å². The molecule has 2 aromatic carbocycles. The van der Waals surface area contributed by atoms with Gasteiger partial charge in [-0.15, -0.1) is 0 Å². The van der Waals surface area contributed by atoms with E-state index in [1.807, 2.05) is 19.1 Å². The van der Waals surface area contributed by atoms with Crippen molar-refractivity contribution in [1.82, 2.24) is 9.29 Å². The van der Waals surface area contributed by atoms with Gasteiger partial charge in [0.25, 0.3) is 0 Å². The van der Waals surface area contributed by atoms with Gasteiger partial charge < -0.3 is 9.15 Å². The van der Waals surface area contributed by atoms with Crippen molar-refractivity contribution in [3.63, 3.8) is 0 Å². The van der Waals surface area contributed by atoms with E-state index in [9.17, 15) is 22.0 Å². The summed E-state index contributed by atoms with van der Waals surface area (Å²) in [6, 6.07) is 9.60. The fourth-order valence-electron chi connectivity index (χ4n) is 4.55. The van der Waals surface area contributed by atoms with Gasteiger partial charge in [-0.3, -0.25) is 9.69 Å². The third-order valence-electron chi connectivity index (χ3n) is 6.62. The molecule has 1 amide bonds. The summed E-state index contributed by atoms with van der Waals surface area (Å²) in [6.45, 7) is 2.10. The first-order valence-corrected chi connectivity index (χ1v) is 14.2. The van der Waals surface area contributed by atoms with E-state index in [-0.39, 0.29) is 38.4 Å². The molecular formula is C26H25F2N3O5S2. The fourth-order valence-corrected chi connectivity index (χ4v) is 7.16. The van der Waals surface area contributed by atoms with Crippen LogP contribution < -0.4 is 9.64 Å².